The van der Waals surface area contributed by atoms with Crippen molar-refractivity contribution in [1.29, 1.82) is 5.26 Å². The zero-order chi connectivity index (χ0) is 8.48. The quantitative estimate of drug-likeness (QED) is 0.534. The van der Waals surface area contributed by atoms with Crippen molar-refractivity contribution in [2.75, 3.05) is 0 Å². The van der Waals surface area contributed by atoms with Gasteiger partial charge in [0.05, 0.1) is 5.54 Å². The zero-order valence-corrected chi connectivity index (χ0v) is 6.74. The topological polar surface area (TPSA) is 67.4 Å². The fourth-order valence-corrected chi connectivity index (χ4v) is 0.543. The van der Waals surface area contributed by atoms with Crippen LogP contribution in [0.4, 0.5) is 0 Å². The Morgan fingerprint density at radius 1 is 1.45 bits per heavy atom. The third-order valence-electron chi connectivity index (χ3n) is 1.11. The molecule has 0 atom stereocenters. The molecular formula is C6H9N5. The largest absolute Gasteiger partial charge is 0.273 e. The van der Waals surface area contributed by atoms with Crippen LogP contribution in [0.15, 0.2) is 0 Å². The van der Waals surface area contributed by atoms with E-state index in [-0.39, 0.29) is 11.4 Å². The Hall–Kier alpha value is -1.44. The van der Waals surface area contributed by atoms with Gasteiger partial charge in [-0.2, -0.15) is 10.1 Å². The minimum absolute atomic E-state index is 0.111. The lowest BCUT2D eigenvalue weighted by molar-refractivity contribution is 0.306. The van der Waals surface area contributed by atoms with Crippen LogP contribution < -0.4 is 0 Å². The van der Waals surface area contributed by atoms with Crippen molar-refractivity contribution in [2.45, 2.75) is 26.3 Å². The van der Waals surface area contributed by atoms with Crippen molar-refractivity contribution in [3.05, 3.63) is 5.82 Å². The molecule has 1 aromatic rings. The monoisotopic (exact) mass is 151 g/mol. The average molecular weight is 151 g/mol. The Morgan fingerprint density at radius 3 is 2.36 bits per heavy atom. The zero-order valence-electron chi connectivity index (χ0n) is 6.74. The van der Waals surface area contributed by atoms with E-state index in [1.165, 1.54) is 4.80 Å². The van der Waals surface area contributed by atoms with Gasteiger partial charge < -0.3 is 0 Å². The molecule has 1 aromatic heterocycles. The van der Waals surface area contributed by atoms with Gasteiger partial charge in [-0.25, -0.2) is 0 Å². The molecule has 0 aromatic carbocycles. The second-order valence-electron chi connectivity index (χ2n) is 3.19. The Morgan fingerprint density at radius 2 is 2.09 bits per heavy atom. The van der Waals surface area contributed by atoms with Crippen LogP contribution in [0.1, 0.15) is 26.6 Å². The van der Waals surface area contributed by atoms with Gasteiger partial charge >= 0.3 is 0 Å². The third kappa shape index (κ3) is 1.52. The van der Waals surface area contributed by atoms with Crippen molar-refractivity contribution < 1.29 is 0 Å². The average Bonchev–Trinajstić information content (AvgIpc) is 2.32. The van der Waals surface area contributed by atoms with Crippen molar-refractivity contribution in [3.8, 4) is 6.07 Å². The molecular weight excluding hydrogens is 142 g/mol. The summed E-state index contributed by atoms with van der Waals surface area (Å²) in [4.78, 5) is 1.42. The summed E-state index contributed by atoms with van der Waals surface area (Å²) in [7, 11) is 0. The SMILES string of the molecule is CC(C)(C)n1nnc(C#N)n1. The molecule has 0 spiro atoms. The minimum atomic E-state index is -0.206. The Balaban J connectivity index is 3.01. The van der Waals surface area contributed by atoms with Crippen LogP contribution >= 0.6 is 0 Å². The third-order valence-corrected chi connectivity index (χ3v) is 1.11. The van der Waals surface area contributed by atoms with Gasteiger partial charge in [-0.3, -0.25) is 0 Å². The van der Waals surface area contributed by atoms with Crippen molar-refractivity contribution in [3.63, 3.8) is 0 Å². The first-order valence-corrected chi connectivity index (χ1v) is 3.24. The standard InChI is InChI=1S/C6H9N5/c1-6(2,3)11-9-5(4-7)8-10-11/h1-3H3. The summed E-state index contributed by atoms with van der Waals surface area (Å²) in [6, 6.07) is 1.81. The van der Waals surface area contributed by atoms with E-state index in [1.54, 1.807) is 0 Å². The van der Waals surface area contributed by atoms with Crippen molar-refractivity contribution in [2.24, 2.45) is 0 Å². The van der Waals surface area contributed by atoms with Crippen molar-refractivity contribution in [1.82, 2.24) is 20.2 Å². The second-order valence-corrected chi connectivity index (χ2v) is 3.19. The smallest absolute Gasteiger partial charge is 0.189 e. The Bertz CT molecular complexity index is 287. The van der Waals surface area contributed by atoms with Gasteiger partial charge in [0.25, 0.3) is 5.82 Å². The number of rotatable bonds is 0. The van der Waals surface area contributed by atoms with E-state index in [1.807, 2.05) is 26.8 Å². The van der Waals surface area contributed by atoms with Gasteiger partial charge in [-0.15, -0.1) is 5.10 Å². The molecule has 1 heterocycles. The maximum atomic E-state index is 8.39. The lowest BCUT2D eigenvalue weighted by atomic mass is 10.1. The van der Waals surface area contributed by atoms with Crippen LogP contribution in [0.25, 0.3) is 0 Å². The van der Waals surface area contributed by atoms with Crippen LogP contribution in [0.2, 0.25) is 0 Å². The molecule has 0 unspecified atom stereocenters. The van der Waals surface area contributed by atoms with Gasteiger partial charge in [0.2, 0.25) is 0 Å². The van der Waals surface area contributed by atoms with E-state index in [0.717, 1.165) is 0 Å². The van der Waals surface area contributed by atoms with E-state index >= 15 is 0 Å². The van der Waals surface area contributed by atoms with Crippen LogP contribution in [-0.4, -0.2) is 20.2 Å². The lowest BCUT2D eigenvalue weighted by Gasteiger charge is -2.14. The normalized spacial score (nSPS) is 11.1. The molecule has 0 N–H and O–H groups in total. The molecule has 0 amide bonds. The van der Waals surface area contributed by atoms with E-state index in [4.69, 9.17) is 5.26 Å². The van der Waals surface area contributed by atoms with Crippen molar-refractivity contribution >= 4 is 0 Å². The minimum Gasteiger partial charge on any atom is -0.189 e. The van der Waals surface area contributed by atoms with Gasteiger partial charge in [-0.05, 0) is 26.0 Å². The molecule has 0 saturated heterocycles. The molecule has 5 nitrogen and oxygen atoms in total. The number of nitriles is 1. The summed E-state index contributed by atoms with van der Waals surface area (Å²) >= 11 is 0. The number of tetrazole rings is 1. The maximum absolute atomic E-state index is 8.39. The Labute approximate surface area is 64.6 Å². The highest BCUT2D eigenvalue weighted by atomic mass is 15.6. The molecule has 5 heteroatoms. The van der Waals surface area contributed by atoms with E-state index in [2.05, 4.69) is 15.4 Å². The molecule has 58 valence electrons. The molecule has 0 fully saturated rings. The van der Waals surface area contributed by atoms with Crippen LogP contribution in [-0.2, 0) is 5.54 Å². The first-order valence-electron chi connectivity index (χ1n) is 3.24. The van der Waals surface area contributed by atoms with Crippen LogP contribution in [0.3, 0.4) is 0 Å². The second kappa shape index (κ2) is 2.31. The lowest BCUT2D eigenvalue weighted by Crippen LogP contribution is -2.24. The highest BCUT2D eigenvalue weighted by molar-refractivity contribution is 5.03. The maximum Gasteiger partial charge on any atom is 0.273 e. The molecule has 0 saturated carbocycles. The summed E-state index contributed by atoms with van der Waals surface area (Å²) < 4.78 is 0. The van der Waals surface area contributed by atoms with Gasteiger partial charge in [-0.1, -0.05) is 5.10 Å². The summed E-state index contributed by atoms with van der Waals surface area (Å²) in [6.45, 7) is 5.82. The number of nitrogens with zero attached hydrogens (tertiary/aromatic N) is 5. The summed E-state index contributed by atoms with van der Waals surface area (Å²) in [5.74, 6) is 0.111. The van der Waals surface area contributed by atoms with Crippen LogP contribution in [0.5, 0.6) is 0 Å². The highest BCUT2D eigenvalue weighted by Gasteiger charge is 2.16. The van der Waals surface area contributed by atoms with E-state index in [9.17, 15) is 0 Å². The predicted molar refractivity (Wildman–Crippen MR) is 37.5 cm³/mol. The molecule has 0 aliphatic carbocycles. The van der Waals surface area contributed by atoms with Crippen LogP contribution in [0, 0.1) is 11.3 Å². The number of aromatic nitrogens is 4. The first-order chi connectivity index (χ1) is 5.04. The van der Waals surface area contributed by atoms with E-state index in [0.29, 0.717) is 0 Å². The molecule has 11 heavy (non-hydrogen) atoms. The molecule has 1 rings (SSSR count). The number of hydrogen-bond acceptors (Lipinski definition) is 4. The molecule has 0 radical (unpaired) electrons. The predicted octanol–water partition coefficient (Wildman–Crippen LogP) is 0.300. The summed E-state index contributed by atoms with van der Waals surface area (Å²) in [5, 5.41) is 19.5. The van der Waals surface area contributed by atoms with Gasteiger partial charge in [0.1, 0.15) is 6.07 Å². The van der Waals surface area contributed by atoms with Gasteiger partial charge in [0.15, 0.2) is 0 Å². The first kappa shape index (κ1) is 7.66. The molecule has 0 aliphatic heterocycles. The molecule has 0 bridgehead atoms. The van der Waals surface area contributed by atoms with E-state index < -0.39 is 0 Å². The molecule has 0 aliphatic rings. The highest BCUT2D eigenvalue weighted by Crippen LogP contribution is 2.08. The number of hydrogen-bond donors (Lipinski definition) is 0. The Kier molecular flexibility index (Phi) is 1.61. The fourth-order valence-electron chi connectivity index (χ4n) is 0.543. The summed E-state index contributed by atoms with van der Waals surface area (Å²) in [6.07, 6.45) is 0. The fraction of sp³-hybridized carbons (Fsp3) is 0.667. The van der Waals surface area contributed by atoms with Gasteiger partial charge in [0, 0.05) is 0 Å². The summed E-state index contributed by atoms with van der Waals surface area (Å²) in [5.41, 5.74) is -0.206.